The lowest BCUT2D eigenvalue weighted by atomic mass is 10.3. The van der Waals surface area contributed by atoms with Gasteiger partial charge in [0, 0.05) is 46.3 Å². The van der Waals surface area contributed by atoms with Crippen molar-refractivity contribution in [2.45, 2.75) is 0 Å². The molecule has 0 unspecified atom stereocenters. The number of likely N-dealkylation sites (N-methyl/N-ethyl adjacent to an activating group) is 1. The fraction of sp³-hybridized carbons (Fsp3) is 0.400. The van der Waals surface area contributed by atoms with E-state index in [2.05, 4.69) is 37.3 Å². The number of carbonyl (C=O) groups is 1. The second kappa shape index (κ2) is 8.93. The van der Waals surface area contributed by atoms with Crippen molar-refractivity contribution >= 4 is 17.1 Å². The number of benzene rings is 1. The normalized spacial score (nSPS) is 15.2. The molecule has 0 radical (unpaired) electrons. The second-order valence-corrected chi connectivity index (χ2v) is 7.67. The van der Waals surface area contributed by atoms with Gasteiger partial charge in [0.15, 0.2) is 11.2 Å². The molecule has 0 saturated carbocycles. The molecule has 1 aliphatic heterocycles. The minimum Gasteiger partial charge on any atom is -0.348 e. The molecule has 0 atom stereocenters. The molecule has 4 rings (SSSR count). The van der Waals surface area contributed by atoms with Crippen molar-refractivity contribution in [2.75, 3.05) is 46.3 Å². The zero-order chi connectivity index (χ0) is 22.8. The van der Waals surface area contributed by atoms with Gasteiger partial charge in [-0.2, -0.15) is 0 Å². The van der Waals surface area contributed by atoms with Gasteiger partial charge in [0.2, 0.25) is 5.82 Å². The Bertz CT molecular complexity index is 1260. The van der Waals surface area contributed by atoms with Gasteiger partial charge in [0.25, 0.3) is 11.5 Å². The molecule has 3 heterocycles. The van der Waals surface area contributed by atoms with E-state index in [4.69, 9.17) is 0 Å². The van der Waals surface area contributed by atoms with Gasteiger partial charge in [-0.15, -0.1) is 10.2 Å². The second-order valence-electron chi connectivity index (χ2n) is 7.67. The summed E-state index contributed by atoms with van der Waals surface area (Å²) in [6.45, 7) is 4.90. The van der Waals surface area contributed by atoms with Crippen LogP contribution in [0.5, 0.6) is 0 Å². The standard InChI is InChI=1S/C20H23FN8O3/c1-26-9-11-28(12-10-26)8-7-22-18(30)16-23-15-17(25-24-16)29(20(32)27(2)19(15)31)14-5-3-13(21)4-6-14/h3-6H,7-12H2,1-2H3,(H,22,30). The van der Waals surface area contributed by atoms with Crippen molar-refractivity contribution in [1.82, 2.24) is 39.4 Å². The highest BCUT2D eigenvalue weighted by atomic mass is 19.1. The number of hydrogen-bond donors (Lipinski definition) is 1. The number of nitrogens with one attached hydrogen (secondary N) is 1. The van der Waals surface area contributed by atoms with Crippen LogP contribution in [0.2, 0.25) is 0 Å². The first-order valence-electron chi connectivity index (χ1n) is 10.2. The predicted molar refractivity (Wildman–Crippen MR) is 114 cm³/mol. The summed E-state index contributed by atoms with van der Waals surface area (Å²) in [5.74, 6) is -1.30. The van der Waals surface area contributed by atoms with Gasteiger partial charge in [-0.25, -0.2) is 18.7 Å². The van der Waals surface area contributed by atoms with Gasteiger partial charge in [0.05, 0.1) is 5.69 Å². The molecule has 12 heteroatoms. The maximum Gasteiger partial charge on any atom is 0.337 e. The Morgan fingerprint density at radius 1 is 1.06 bits per heavy atom. The summed E-state index contributed by atoms with van der Waals surface area (Å²) in [5, 5.41) is 10.5. The van der Waals surface area contributed by atoms with Crippen molar-refractivity contribution < 1.29 is 9.18 Å². The highest BCUT2D eigenvalue weighted by Gasteiger charge is 2.19. The van der Waals surface area contributed by atoms with E-state index < -0.39 is 23.0 Å². The zero-order valence-electron chi connectivity index (χ0n) is 17.8. The summed E-state index contributed by atoms with van der Waals surface area (Å²) >= 11 is 0. The number of fused-ring (bicyclic) bond motifs is 1. The van der Waals surface area contributed by atoms with Gasteiger partial charge in [-0.1, -0.05) is 0 Å². The number of aromatic nitrogens is 5. The van der Waals surface area contributed by atoms with Crippen LogP contribution in [0.1, 0.15) is 10.6 Å². The molecule has 0 aliphatic carbocycles. The van der Waals surface area contributed by atoms with Crippen LogP contribution in [0.3, 0.4) is 0 Å². The third kappa shape index (κ3) is 4.27. The lowest BCUT2D eigenvalue weighted by Gasteiger charge is -2.32. The molecule has 1 aromatic carbocycles. The summed E-state index contributed by atoms with van der Waals surface area (Å²) in [5.41, 5.74) is -1.40. The lowest BCUT2D eigenvalue weighted by Crippen LogP contribution is -2.47. The van der Waals surface area contributed by atoms with Crippen molar-refractivity contribution in [3.8, 4) is 5.69 Å². The molecule has 1 aliphatic rings. The number of nitrogens with zero attached hydrogens (tertiary/aromatic N) is 7. The van der Waals surface area contributed by atoms with Crippen molar-refractivity contribution in [3.05, 3.63) is 56.7 Å². The SMILES string of the molecule is CN1CCN(CCNC(=O)c2nnc3c(n2)c(=O)n(C)c(=O)n3-c2ccc(F)cc2)CC1. The molecule has 32 heavy (non-hydrogen) atoms. The number of amides is 1. The van der Waals surface area contributed by atoms with Gasteiger partial charge in [0.1, 0.15) is 5.82 Å². The molecular formula is C20H23FN8O3. The minimum atomic E-state index is -0.704. The minimum absolute atomic E-state index is 0.112. The lowest BCUT2D eigenvalue weighted by molar-refractivity contribution is 0.0930. The van der Waals surface area contributed by atoms with Gasteiger partial charge in [-0.3, -0.25) is 19.1 Å². The summed E-state index contributed by atoms with van der Waals surface area (Å²) in [6.07, 6.45) is 0. The van der Waals surface area contributed by atoms with Crippen LogP contribution < -0.4 is 16.6 Å². The van der Waals surface area contributed by atoms with E-state index in [1.807, 2.05) is 0 Å². The van der Waals surface area contributed by atoms with E-state index in [1.165, 1.54) is 31.3 Å². The third-order valence-corrected chi connectivity index (χ3v) is 5.46. The topological polar surface area (TPSA) is 118 Å². The third-order valence-electron chi connectivity index (χ3n) is 5.46. The van der Waals surface area contributed by atoms with E-state index >= 15 is 0 Å². The summed E-state index contributed by atoms with van der Waals surface area (Å²) in [7, 11) is 3.37. The Morgan fingerprint density at radius 3 is 2.44 bits per heavy atom. The molecule has 1 saturated heterocycles. The Labute approximate surface area is 182 Å². The van der Waals surface area contributed by atoms with E-state index in [9.17, 15) is 18.8 Å². The maximum absolute atomic E-state index is 13.3. The number of piperazine rings is 1. The number of halogens is 1. The van der Waals surface area contributed by atoms with E-state index in [0.29, 0.717) is 13.1 Å². The molecule has 2 aromatic heterocycles. The molecule has 3 aromatic rings. The van der Waals surface area contributed by atoms with E-state index in [-0.39, 0.29) is 22.7 Å². The molecule has 168 valence electrons. The van der Waals surface area contributed by atoms with E-state index in [1.54, 1.807) is 0 Å². The van der Waals surface area contributed by atoms with Crippen LogP contribution in [0, 0.1) is 5.82 Å². The van der Waals surface area contributed by atoms with Crippen LogP contribution in [0.15, 0.2) is 33.9 Å². The molecule has 1 N–H and O–H groups in total. The van der Waals surface area contributed by atoms with Crippen molar-refractivity contribution in [1.29, 1.82) is 0 Å². The first-order chi connectivity index (χ1) is 15.3. The number of hydrogen-bond acceptors (Lipinski definition) is 8. The van der Waals surface area contributed by atoms with Gasteiger partial charge >= 0.3 is 5.69 Å². The predicted octanol–water partition coefficient (Wildman–Crippen LogP) is -1.01. The molecule has 0 spiro atoms. The molecule has 11 nitrogen and oxygen atoms in total. The summed E-state index contributed by atoms with van der Waals surface area (Å²) < 4.78 is 15.3. The average molecular weight is 442 g/mol. The molecule has 1 fully saturated rings. The van der Waals surface area contributed by atoms with E-state index in [0.717, 1.165) is 35.3 Å². The highest BCUT2D eigenvalue weighted by Crippen LogP contribution is 2.11. The fourth-order valence-corrected chi connectivity index (χ4v) is 3.50. The maximum atomic E-state index is 13.3. The van der Waals surface area contributed by atoms with Crippen LogP contribution in [0.25, 0.3) is 16.9 Å². The fourth-order valence-electron chi connectivity index (χ4n) is 3.50. The Hall–Kier alpha value is -3.51. The van der Waals surface area contributed by atoms with Gasteiger partial charge < -0.3 is 10.2 Å². The van der Waals surface area contributed by atoms with Crippen LogP contribution >= 0.6 is 0 Å². The summed E-state index contributed by atoms with van der Waals surface area (Å²) in [4.78, 5) is 46.4. The van der Waals surface area contributed by atoms with Crippen LogP contribution in [-0.2, 0) is 7.05 Å². The number of carbonyl (C=O) groups excluding carboxylic acids is 1. The molecule has 1 amide bonds. The van der Waals surface area contributed by atoms with Crippen molar-refractivity contribution in [3.63, 3.8) is 0 Å². The first kappa shape index (κ1) is 21.7. The average Bonchev–Trinajstić information content (AvgIpc) is 2.80. The van der Waals surface area contributed by atoms with Crippen LogP contribution in [-0.4, -0.2) is 86.3 Å². The Morgan fingerprint density at radius 2 is 1.75 bits per heavy atom. The quantitative estimate of drug-likeness (QED) is 0.534. The summed E-state index contributed by atoms with van der Waals surface area (Å²) in [6, 6.07) is 5.12. The van der Waals surface area contributed by atoms with Gasteiger partial charge in [-0.05, 0) is 31.3 Å². The van der Waals surface area contributed by atoms with Crippen molar-refractivity contribution in [2.24, 2.45) is 7.05 Å². The smallest absolute Gasteiger partial charge is 0.337 e. The molecular weight excluding hydrogens is 419 g/mol. The largest absolute Gasteiger partial charge is 0.348 e. The highest BCUT2D eigenvalue weighted by molar-refractivity contribution is 5.91. The monoisotopic (exact) mass is 442 g/mol. The Balaban J connectivity index is 1.59. The molecule has 0 bridgehead atoms. The van der Waals surface area contributed by atoms with Crippen LogP contribution in [0.4, 0.5) is 4.39 Å². The first-order valence-corrected chi connectivity index (χ1v) is 10.2. The zero-order valence-corrected chi connectivity index (χ0v) is 17.8. The number of rotatable bonds is 5. The Kier molecular flexibility index (Phi) is 6.06.